The molecule has 7 heterocycles. The average molecular weight is 1240 g/mol. The summed E-state index contributed by atoms with van der Waals surface area (Å²) in [4.78, 5) is 5.41. The molecular formula is C91H62BN5. The van der Waals surface area contributed by atoms with Gasteiger partial charge < -0.3 is 18.3 Å². The first-order valence-corrected chi connectivity index (χ1v) is 34.3. The number of fused-ring (bicyclic) bond motifs is 30. The van der Waals surface area contributed by atoms with Crippen molar-refractivity contribution in [1.82, 2.24) is 23.3 Å². The first kappa shape index (κ1) is 53.6. The minimum absolute atomic E-state index is 0.0826. The minimum Gasteiger partial charge on any atom is -0.310 e. The Kier molecular flexibility index (Phi) is 10.3. The van der Waals surface area contributed by atoms with E-state index in [0.717, 1.165) is 44.6 Å². The second-order valence-electron chi connectivity index (χ2n) is 29.7. The molecule has 0 amide bonds. The lowest BCUT2D eigenvalue weighted by Gasteiger charge is -2.35. The third kappa shape index (κ3) is 6.86. The van der Waals surface area contributed by atoms with Crippen LogP contribution in [0.25, 0.3) is 186 Å². The number of para-hydroxylation sites is 4. The molecule has 0 saturated heterocycles. The molecule has 15 aromatic carbocycles. The summed E-state index contributed by atoms with van der Waals surface area (Å²) in [5, 5.41) is 25.3. The Morgan fingerprint density at radius 3 is 1.14 bits per heavy atom. The second kappa shape index (κ2) is 18.6. The topological polar surface area (TPSA) is 32.6 Å². The van der Waals surface area contributed by atoms with Gasteiger partial charge in [0.05, 0.1) is 62.4 Å². The van der Waals surface area contributed by atoms with Gasteiger partial charge in [-0.15, -0.1) is 0 Å². The number of aromatic nitrogens is 5. The summed E-state index contributed by atoms with van der Waals surface area (Å²) < 4.78 is 10.5. The highest BCUT2D eigenvalue weighted by Crippen LogP contribution is 2.52. The zero-order valence-electron chi connectivity index (χ0n) is 54.7. The number of nitrogens with zero attached hydrogens (tertiary/aromatic N) is 5. The standard InChI is InChI=1S/C91H62BN5/c1-90(2,3)52-39-41-76-67(45-52)69-46-53(91(4,5)6)47-70-88(69)96(76)78-43-51(82-80(94-72-35-19-15-29-60(72)61-30-16-20-36-73(61)94)49-93-50-81(82)95-74-37-21-17-31-62(74)63-32-18-22-38-75(63)95)44-79-87(78)92(70)71-48-68-59-28-10-8-24-55(59)57-26-12-14-34-65(57)84(68)86-85-77(97(79)89(71)86)42-40-66-58-27-9-7-23-54(58)56-25-11-13-33-64(56)83(66)85/h7-50H,1-6H3. The van der Waals surface area contributed by atoms with Crippen molar-refractivity contribution in [2.75, 3.05) is 0 Å². The molecule has 0 saturated carbocycles. The quantitative estimate of drug-likeness (QED) is 0.128. The number of benzene rings is 15. The Balaban J connectivity index is 1.01. The van der Waals surface area contributed by atoms with E-state index in [4.69, 9.17) is 4.98 Å². The van der Waals surface area contributed by atoms with Gasteiger partial charge in [0.1, 0.15) is 0 Å². The molecule has 0 bridgehead atoms. The van der Waals surface area contributed by atoms with E-state index in [-0.39, 0.29) is 17.5 Å². The maximum absolute atomic E-state index is 5.41. The monoisotopic (exact) mass is 1240 g/mol. The first-order valence-electron chi connectivity index (χ1n) is 34.3. The zero-order valence-corrected chi connectivity index (χ0v) is 54.7. The predicted octanol–water partition coefficient (Wildman–Crippen LogP) is 21.8. The summed E-state index contributed by atoms with van der Waals surface area (Å²) in [5.41, 5.74) is 22.5. The van der Waals surface area contributed by atoms with Crippen LogP contribution in [0.4, 0.5) is 0 Å². The molecule has 454 valence electrons. The summed E-state index contributed by atoms with van der Waals surface area (Å²) in [6.07, 6.45) is 4.28. The van der Waals surface area contributed by atoms with Gasteiger partial charge in [0.2, 0.25) is 0 Å². The summed E-state index contributed by atoms with van der Waals surface area (Å²) in [5.74, 6) is 0. The molecule has 0 atom stereocenters. The Bertz CT molecular complexity index is 6760. The lowest BCUT2D eigenvalue weighted by Crippen LogP contribution is -2.59. The van der Waals surface area contributed by atoms with Gasteiger partial charge in [-0.25, -0.2) is 0 Å². The van der Waals surface area contributed by atoms with Crippen molar-refractivity contribution in [2.24, 2.45) is 0 Å². The van der Waals surface area contributed by atoms with Gasteiger partial charge in [-0.1, -0.05) is 236 Å². The lowest BCUT2D eigenvalue weighted by atomic mass is 9.34. The molecule has 2 aliphatic heterocycles. The Morgan fingerprint density at radius 1 is 0.268 bits per heavy atom. The Labute approximate surface area is 559 Å². The molecule has 5 nitrogen and oxygen atoms in total. The molecule has 0 N–H and O–H groups in total. The van der Waals surface area contributed by atoms with Crippen molar-refractivity contribution < 1.29 is 0 Å². The molecule has 22 rings (SSSR count). The van der Waals surface area contributed by atoms with Crippen LogP contribution in [-0.4, -0.2) is 30.0 Å². The van der Waals surface area contributed by atoms with E-state index >= 15 is 0 Å². The van der Waals surface area contributed by atoms with Crippen LogP contribution in [0.3, 0.4) is 0 Å². The average Bonchev–Trinajstić information content (AvgIpc) is 1.54. The van der Waals surface area contributed by atoms with Gasteiger partial charge in [0.25, 0.3) is 6.71 Å². The van der Waals surface area contributed by atoms with Crippen molar-refractivity contribution in [3.63, 3.8) is 0 Å². The van der Waals surface area contributed by atoms with Gasteiger partial charge >= 0.3 is 0 Å². The third-order valence-electron chi connectivity index (χ3n) is 22.6. The van der Waals surface area contributed by atoms with E-state index in [1.54, 1.807) is 0 Å². The Morgan fingerprint density at radius 2 is 0.649 bits per heavy atom. The van der Waals surface area contributed by atoms with Crippen LogP contribution in [0, 0.1) is 0 Å². The highest BCUT2D eigenvalue weighted by molar-refractivity contribution is 7.00. The minimum atomic E-state index is -0.174. The second-order valence-corrected chi connectivity index (χ2v) is 29.7. The summed E-state index contributed by atoms with van der Waals surface area (Å²) in [7, 11) is 0. The summed E-state index contributed by atoms with van der Waals surface area (Å²) in [6, 6.07) is 97.9. The van der Waals surface area contributed by atoms with Gasteiger partial charge in [0, 0.05) is 76.3 Å². The van der Waals surface area contributed by atoms with Gasteiger partial charge in [-0.05, 0) is 158 Å². The number of pyridine rings is 1. The summed E-state index contributed by atoms with van der Waals surface area (Å²) in [6.45, 7) is 14.1. The molecule has 0 spiro atoms. The largest absolute Gasteiger partial charge is 0.310 e. The van der Waals surface area contributed by atoms with E-state index in [9.17, 15) is 0 Å². The van der Waals surface area contributed by atoms with Crippen molar-refractivity contribution in [3.05, 3.63) is 278 Å². The van der Waals surface area contributed by atoms with E-state index in [2.05, 4.69) is 327 Å². The molecular weight excluding hydrogens is 1170 g/mol. The lowest BCUT2D eigenvalue weighted by molar-refractivity contribution is 0.590. The fourth-order valence-corrected chi connectivity index (χ4v) is 18.5. The summed E-state index contributed by atoms with van der Waals surface area (Å²) >= 11 is 0. The number of hydrogen-bond donors (Lipinski definition) is 0. The van der Waals surface area contributed by atoms with Crippen LogP contribution in [0.1, 0.15) is 52.7 Å². The van der Waals surface area contributed by atoms with Crippen LogP contribution in [0.15, 0.2) is 267 Å². The maximum atomic E-state index is 5.41. The van der Waals surface area contributed by atoms with Crippen molar-refractivity contribution in [1.29, 1.82) is 0 Å². The highest BCUT2D eigenvalue weighted by atomic mass is 15.1. The fraction of sp³-hybridized carbons (Fsp3) is 0.0879. The maximum Gasteiger partial charge on any atom is 0.252 e. The Hall–Kier alpha value is -11.7. The van der Waals surface area contributed by atoms with Crippen molar-refractivity contribution in [3.8, 4) is 33.9 Å². The molecule has 97 heavy (non-hydrogen) atoms. The first-order chi connectivity index (χ1) is 47.5. The van der Waals surface area contributed by atoms with E-state index in [0.29, 0.717) is 0 Å². The van der Waals surface area contributed by atoms with Crippen molar-refractivity contribution >= 4 is 175 Å². The number of hydrogen-bond acceptors (Lipinski definition) is 1. The highest BCUT2D eigenvalue weighted by Gasteiger charge is 2.44. The van der Waals surface area contributed by atoms with Gasteiger partial charge in [-0.3, -0.25) is 4.98 Å². The molecule has 2 aliphatic rings. The third-order valence-corrected chi connectivity index (χ3v) is 22.6. The number of rotatable bonds is 3. The molecule has 0 unspecified atom stereocenters. The molecule has 6 heteroatoms. The smallest absolute Gasteiger partial charge is 0.252 e. The normalized spacial score (nSPS) is 13.2. The molecule has 5 aromatic heterocycles. The SMILES string of the molecule is CC(C)(C)c1ccc2c(c1)c1cc(C(C)(C)C)cc3c1n2-c1cc(-c2c(-n4c5ccccc5c5ccccc54)cncc2-n2c4ccccc4c4ccccc42)cc2c1B3c1cc3c4ccccc4c4ccccc4c3c3c4c5c6ccccc6c6ccccc6c5ccc4n-2c13. The predicted molar refractivity (Wildman–Crippen MR) is 414 cm³/mol. The van der Waals surface area contributed by atoms with E-state index < -0.39 is 0 Å². The van der Waals surface area contributed by atoms with Gasteiger partial charge in [-0.2, -0.15) is 0 Å². The molecule has 20 aromatic rings. The zero-order chi connectivity index (χ0) is 64.2. The van der Waals surface area contributed by atoms with E-state index in [1.165, 1.54) is 169 Å². The van der Waals surface area contributed by atoms with Crippen LogP contribution in [0.2, 0.25) is 0 Å². The van der Waals surface area contributed by atoms with Crippen LogP contribution in [0.5, 0.6) is 0 Å². The molecule has 0 radical (unpaired) electrons. The fourth-order valence-electron chi connectivity index (χ4n) is 18.5. The van der Waals surface area contributed by atoms with Crippen LogP contribution in [-0.2, 0) is 10.8 Å². The van der Waals surface area contributed by atoms with Gasteiger partial charge in [0.15, 0.2) is 0 Å². The van der Waals surface area contributed by atoms with Crippen LogP contribution >= 0.6 is 0 Å². The molecule has 0 fully saturated rings. The van der Waals surface area contributed by atoms with Crippen LogP contribution < -0.4 is 16.4 Å². The van der Waals surface area contributed by atoms with E-state index in [1.807, 2.05) is 0 Å². The molecule has 0 aliphatic carbocycles. The van der Waals surface area contributed by atoms with Crippen molar-refractivity contribution in [2.45, 2.75) is 52.4 Å².